The normalized spacial score (nSPS) is 25.0. The van der Waals surface area contributed by atoms with E-state index in [1.165, 1.54) is 0 Å². The molecule has 1 fully saturated rings. The van der Waals surface area contributed by atoms with Gasteiger partial charge in [0.2, 0.25) is 0 Å². The molecule has 0 unspecified atom stereocenters. The molecule has 0 aliphatic heterocycles. The fraction of sp³-hybridized carbons (Fsp3) is 0.667. The van der Waals surface area contributed by atoms with Crippen LogP contribution in [0.5, 0.6) is 0 Å². The van der Waals surface area contributed by atoms with Crippen molar-refractivity contribution in [2.24, 2.45) is 23.2 Å². The van der Waals surface area contributed by atoms with E-state index < -0.39 is 29.2 Å². The van der Waals surface area contributed by atoms with Gasteiger partial charge in [-0.05, 0) is 18.8 Å². The van der Waals surface area contributed by atoms with E-state index in [0.29, 0.717) is 6.42 Å². The van der Waals surface area contributed by atoms with E-state index >= 15 is 0 Å². The third-order valence-corrected chi connectivity index (χ3v) is 4.19. The summed E-state index contributed by atoms with van der Waals surface area (Å²) in [4.78, 5) is 36.4. The van der Waals surface area contributed by atoms with Gasteiger partial charge in [0.15, 0.2) is 11.3 Å². The van der Waals surface area contributed by atoms with Crippen LogP contribution in [-0.4, -0.2) is 31.9 Å². The molecule has 1 aliphatic rings. The lowest BCUT2D eigenvalue weighted by atomic mass is 9.61. The van der Waals surface area contributed by atoms with Crippen LogP contribution in [0.2, 0.25) is 0 Å². The summed E-state index contributed by atoms with van der Waals surface area (Å²) in [6.45, 7) is 1.89. The Kier molecular flexibility index (Phi) is 5.64. The highest BCUT2D eigenvalue weighted by Gasteiger charge is 2.60. The van der Waals surface area contributed by atoms with E-state index in [-0.39, 0.29) is 24.5 Å². The molecule has 0 amide bonds. The van der Waals surface area contributed by atoms with Gasteiger partial charge in [0, 0.05) is 12.3 Å². The zero-order chi connectivity index (χ0) is 16.9. The highest BCUT2D eigenvalue weighted by molar-refractivity contribution is 5.96. The number of ether oxygens (including phenoxy) is 2. The zero-order valence-electron chi connectivity index (χ0n) is 12.8. The Morgan fingerprint density at radius 3 is 2.41 bits per heavy atom. The third kappa shape index (κ3) is 2.80. The maximum Gasteiger partial charge on any atom is 0.328 e. The van der Waals surface area contributed by atoms with Crippen LogP contribution in [0.25, 0.3) is 0 Å². The summed E-state index contributed by atoms with van der Waals surface area (Å²) in [6.07, 6.45) is 1.09. The summed E-state index contributed by atoms with van der Waals surface area (Å²) in [7, 11) is 2.11. The van der Waals surface area contributed by atoms with Crippen molar-refractivity contribution in [1.82, 2.24) is 0 Å². The van der Waals surface area contributed by atoms with E-state index in [2.05, 4.69) is 9.47 Å². The van der Waals surface area contributed by atoms with E-state index in [1.54, 1.807) is 12.1 Å². The van der Waals surface area contributed by atoms with Gasteiger partial charge in [0.05, 0.1) is 26.4 Å². The van der Waals surface area contributed by atoms with Crippen LogP contribution in [0.4, 0.5) is 0 Å². The molecule has 0 heterocycles. The van der Waals surface area contributed by atoms with Crippen molar-refractivity contribution in [2.45, 2.75) is 26.2 Å². The van der Waals surface area contributed by atoms with Crippen LogP contribution in [0.3, 0.4) is 0 Å². The lowest BCUT2D eigenvalue weighted by molar-refractivity contribution is -0.166. The standard InChI is InChI=1S/C15H18N2O5/c1-9-4-5-12(18)10(6-9)15(8-17,14(20)22-3)11(7-16)13(19)21-2/h9-11H,4-6H2,1-3H3/t9-,10-,11-,15+/m0/s1. The summed E-state index contributed by atoms with van der Waals surface area (Å²) in [5.74, 6) is -5.07. The largest absolute Gasteiger partial charge is 0.468 e. The minimum atomic E-state index is -2.18. The van der Waals surface area contributed by atoms with Crippen molar-refractivity contribution < 1.29 is 23.9 Å². The quantitative estimate of drug-likeness (QED) is 0.710. The van der Waals surface area contributed by atoms with Crippen molar-refractivity contribution in [3.05, 3.63) is 0 Å². The van der Waals surface area contributed by atoms with Gasteiger partial charge in [0.1, 0.15) is 5.78 Å². The number of methoxy groups -OCH3 is 2. The molecule has 0 spiro atoms. The number of ketones is 1. The lowest BCUT2D eigenvalue weighted by Gasteiger charge is -2.37. The number of nitrogens with zero attached hydrogens (tertiary/aromatic N) is 2. The van der Waals surface area contributed by atoms with Crippen molar-refractivity contribution >= 4 is 17.7 Å². The number of carbonyl (C=O) groups is 3. The smallest absolute Gasteiger partial charge is 0.328 e. The predicted octanol–water partition coefficient (Wildman–Crippen LogP) is 0.987. The first-order valence-corrected chi connectivity index (χ1v) is 6.88. The number of nitriles is 2. The Morgan fingerprint density at radius 2 is 1.95 bits per heavy atom. The maximum absolute atomic E-state index is 12.3. The fourth-order valence-corrected chi connectivity index (χ4v) is 2.93. The highest BCUT2D eigenvalue weighted by atomic mass is 16.5. The Hall–Kier alpha value is -2.41. The SMILES string of the molecule is COC(=O)[C@H](C#N)[C@](C#N)(C(=O)OC)[C@H]1C[C@@H](C)CCC1=O. The van der Waals surface area contributed by atoms with Crippen LogP contribution >= 0.6 is 0 Å². The Bertz CT molecular complexity index is 559. The van der Waals surface area contributed by atoms with Gasteiger partial charge in [0.25, 0.3) is 0 Å². The molecule has 0 aromatic rings. The molecule has 0 aromatic carbocycles. The zero-order valence-corrected chi connectivity index (χ0v) is 12.8. The Balaban J connectivity index is 3.49. The van der Waals surface area contributed by atoms with Gasteiger partial charge in [-0.25, -0.2) is 0 Å². The van der Waals surface area contributed by atoms with Gasteiger partial charge >= 0.3 is 11.9 Å². The van der Waals surface area contributed by atoms with E-state index in [4.69, 9.17) is 0 Å². The Morgan fingerprint density at radius 1 is 1.32 bits per heavy atom. The molecule has 4 atom stereocenters. The van der Waals surface area contributed by atoms with E-state index in [0.717, 1.165) is 14.2 Å². The Labute approximate surface area is 128 Å². The summed E-state index contributed by atoms with van der Waals surface area (Å²) in [5.41, 5.74) is -2.18. The maximum atomic E-state index is 12.3. The van der Waals surface area contributed by atoms with Crippen LogP contribution in [-0.2, 0) is 23.9 Å². The molecule has 22 heavy (non-hydrogen) atoms. The second-order valence-corrected chi connectivity index (χ2v) is 5.46. The van der Waals surface area contributed by atoms with Gasteiger partial charge in [-0.15, -0.1) is 0 Å². The average Bonchev–Trinajstić information content (AvgIpc) is 2.53. The minimum Gasteiger partial charge on any atom is -0.468 e. The van der Waals surface area contributed by atoms with E-state index in [9.17, 15) is 24.9 Å². The predicted molar refractivity (Wildman–Crippen MR) is 72.7 cm³/mol. The lowest BCUT2D eigenvalue weighted by Crippen LogP contribution is -2.51. The number of rotatable bonds is 4. The van der Waals surface area contributed by atoms with E-state index in [1.807, 2.05) is 6.92 Å². The first-order chi connectivity index (χ1) is 10.4. The van der Waals surface area contributed by atoms with Gasteiger partial charge in [-0.2, -0.15) is 10.5 Å². The van der Waals surface area contributed by atoms with Gasteiger partial charge in [-0.1, -0.05) is 6.92 Å². The highest BCUT2D eigenvalue weighted by Crippen LogP contribution is 2.44. The van der Waals surface area contributed by atoms with Gasteiger partial charge < -0.3 is 9.47 Å². The first-order valence-electron chi connectivity index (χ1n) is 6.88. The molecule has 1 aliphatic carbocycles. The summed E-state index contributed by atoms with van der Waals surface area (Å²) in [6, 6.07) is 3.38. The van der Waals surface area contributed by atoms with Crippen LogP contribution in [0.1, 0.15) is 26.2 Å². The topological polar surface area (TPSA) is 117 Å². The molecule has 0 bridgehead atoms. The fourth-order valence-electron chi connectivity index (χ4n) is 2.93. The average molecular weight is 306 g/mol. The molecule has 0 N–H and O–H groups in total. The molecule has 7 heteroatoms. The summed E-state index contributed by atoms with van der Waals surface area (Å²) >= 11 is 0. The molecule has 118 valence electrons. The van der Waals surface area contributed by atoms with Crippen LogP contribution < -0.4 is 0 Å². The number of carbonyl (C=O) groups excluding carboxylic acids is 3. The molecule has 1 rings (SSSR count). The molecule has 1 saturated carbocycles. The van der Waals surface area contributed by atoms with Crippen molar-refractivity contribution in [3.8, 4) is 12.1 Å². The molecule has 0 saturated heterocycles. The van der Waals surface area contributed by atoms with Crippen LogP contribution in [0, 0.1) is 45.8 Å². The van der Waals surface area contributed by atoms with Gasteiger partial charge in [-0.3, -0.25) is 14.4 Å². The molecule has 0 aromatic heterocycles. The molecular weight excluding hydrogens is 288 g/mol. The third-order valence-electron chi connectivity index (χ3n) is 4.19. The first kappa shape index (κ1) is 17.6. The minimum absolute atomic E-state index is 0.0945. The summed E-state index contributed by atoms with van der Waals surface area (Å²) in [5, 5.41) is 18.9. The number of Topliss-reactive ketones (excluding diaryl/α,β-unsaturated/α-hetero) is 1. The van der Waals surface area contributed by atoms with Crippen molar-refractivity contribution in [2.75, 3.05) is 14.2 Å². The number of esters is 2. The van der Waals surface area contributed by atoms with Crippen molar-refractivity contribution in [1.29, 1.82) is 10.5 Å². The van der Waals surface area contributed by atoms with Crippen molar-refractivity contribution in [3.63, 3.8) is 0 Å². The molecular formula is C15H18N2O5. The second-order valence-electron chi connectivity index (χ2n) is 5.46. The van der Waals surface area contributed by atoms with Crippen LogP contribution in [0.15, 0.2) is 0 Å². The monoisotopic (exact) mass is 306 g/mol. The number of hydrogen-bond acceptors (Lipinski definition) is 7. The number of hydrogen-bond donors (Lipinski definition) is 0. The molecule has 7 nitrogen and oxygen atoms in total. The summed E-state index contributed by atoms with van der Waals surface area (Å²) < 4.78 is 9.18. The molecule has 0 radical (unpaired) electrons. The second kappa shape index (κ2) is 7.04.